The first-order chi connectivity index (χ1) is 10.7. The normalized spacial score (nSPS) is 10.5. The van der Waals surface area contributed by atoms with Crippen LogP contribution in [0.5, 0.6) is 5.75 Å². The van der Waals surface area contributed by atoms with Crippen LogP contribution >= 0.6 is 27.5 Å². The summed E-state index contributed by atoms with van der Waals surface area (Å²) in [6.07, 6.45) is 0. The lowest BCUT2D eigenvalue weighted by Gasteiger charge is -2.09. The standard InChI is InChI=1S/C19H14BrClO/c20-19-11-8-17(21)12-16(19)13-22-18-9-6-15(7-10-18)14-4-2-1-3-5-14/h1-12H,13H2. The van der Waals surface area contributed by atoms with Crippen LogP contribution in [0.25, 0.3) is 11.1 Å². The van der Waals surface area contributed by atoms with Crippen molar-refractivity contribution < 1.29 is 4.74 Å². The van der Waals surface area contributed by atoms with E-state index >= 15 is 0 Å². The average molecular weight is 374 g/mol. The fraction of sp³-hybridized carbons (Fsp3) is 0.0526. The highest BCUT2D eigenvalue weighted by Crippen LogP contribution is 2.25. The van der Waals surface area contributed by atoms with Crippen molar-refractivity contribution in [3.8, 4) is 16.9 Å². The second-order valence-corrected chi connectivity index (χ2v) is 6.21. The Morgan fingerprint density at radius 1 is 0.818 bits per heavy atom. The van der Waals surface area contributed by atoms with Gasteiger partial charge in [-0.2, -0.15) is 0 Å². The van der Waals surface area contributed by atoms with E-state index in [2.05, 4.69) is 40.2 Å². The van der Waals surface area contributed by atoms with E-state index in [0.29, 0.717) is 11.6 Å². The van der Waals surface area contributed by atoms with Crippen molar-refractivity contribution in [1.82, 2.24) is 0 Å². The monoisotopic (exact) mass is 372 g/mol. The van der Waals surface area contributed by atoms with Gasteiger partial charge in [-0.25, -0.2) is 0 Å². The molecule has 0 unspecified atom stereocenters. The summed E-state index contributed by atoms with van der Waals surface area (Å²) in [7, 11) is 0. The van der Waals surface area contributed by atoms with Crippen LogP contribution in [0.1, 0.15) is 5.56 Å². The summed E-state index contributed by atoms with van der Waals surface area (Å²) in [6.45, 7) is 0.478. The lowest BCUT2D eigenvalue weighted by Crippen LogP contribution is -1.96. The molecule has 0 aromatic heterocycles. The molecule has 0 aliphatic rings. The van der Waals surface area contributed by atoms with E-state index in [1.54, 1.807) is 0 Å². The lowest BCUT2D eigenvalue weighted by atomic mass is 10.1. The second-order valence-electron chi connectivity index (χ2n) is 4.91. The Bertz CT molecular complexity index is 754. The molecular formula is C19H14BrClO. The maximum absolute atomic E-state index is 6.01. The Morgan fingerprint density at radius 2 is 1.50 bits per heavy atom. The summed E-state index contributed by atoms with van der Waals surface area (Å²) < 4.78 is 6.83. The predicted octanol–water partition coefficient (Wildman–Crippen LogP) is 6.35. The van der Waals surface area contributed by atoms with E-state index in [4.69, 9.17) is 16.3 Å². The predicted molar refractivity (Wildman–Crippen MR) is 95.4 cm³/mol. The van der Waals surface area contributed by atoms with Crippen molar-refractivity contribution in [2.75, 3.05) is 0 Å². The number of hydrogen-bond donors (Lipinski definition) is 0. The number of rotatable bonds is 4. The molecule has 0 radical (unpaired) electrons. The molecule has 3 rings (SSSR count). The second kappa shape index (κ2) is 6.99. The minimum Gasteiger partial charge on any atom is -0.489 e. The van der Waals surface area contributed by atoms with Crippen molar-refractivity contribution >= 4 is 27.5 Å². The molecule has 0 fully saturated rings. The molecule has 0 amide bonds. The Hall–Kier alpha value is -1.77. The molecule has 3 aromatic carbocycles. The van der Waals surface area contributed by atoms with Crippen molar-refractivity contribution in [1.29, 1.82) is 0 Å². The van der Waals surface area contributed by atoms with Gasteiger partial charge in [0.25, 0.3) is 0 Å². The van der Waals surface area contributed by atoms with Gasteiger partial charge in [0, 0.05) is 15.1 Å². The number of hydrogen-bond acceptors (Lipinski definition) is 1. The van der Waals surface area contributed by atoms with Crippen LogP contribution in [-0.2, 0) is 6.61 Å². The molecule has 0 spiro atoms. The smallest absolute Gasteiger partial charge is 0.119 e. The number of ether oxygens (including phenoxy) is 1. The van der Waals surface area contributed by atoms with Gasteiger partial charge in [0.2, 0.25) is 0 Å². The lowest BCUT2D eigenvalue weighted by molar-refractivity contribution is 0.305. The quantitative estimate of drug-likeness (QED) is 0.518. The fourth-order valence-corrected chi connectivity index (χ4v) is 2.75. The van der Waals surface area contributed by atoms with Gasteiger partial charge in [-0.3, -0.25) is 0 Å². The first-order valence-electron chi connectivity index (χ1n) is 6.94. The largest absolute Gasteiger partial charge is 0.489 e. The summed E-state index contributed by atoms with van der Waals surface area (Å²) in [5.41, 5.74) is 3.41. The highest BCUT2D eigenvalue weighted by atomic mass is 79.9. The molecule has 1 nitrogen and oxygen atoms in total. The Labute approximate surface area is 143 Å². The summed E-state index contributed by atoms with van der Waals surface area (Å²) in [6, 6.07) is 24.1. The van der Waals surface area contributed by atoms with Crippen LogP contribution in [-0.4, -0.2) is 0 Å². The highest BCUT2D eigenvalue weighted by molar-refractivity contribution is 9.10. The Morgan fingerprint density at radius 3 is 2.23 bits per heavy atom. The van der Waals surface area contributed by atoms with Crippen molar-refractivity contribution in [2.24, 2.45) is 0 Å². The molecular weight excluding hydrogens is 360 g/mol. The van der Waals surface area contributed by atoms with Crippen LogP contribution in [0.4, 0.5) is 0 Å². The molecule has 0 aliphatic heterocycles. The third-order valence-electron chi connectivity index (χ3n) is 3.36. The zero-order chi connectivity index (χ0) is 15.4. The van der Waals surface area contributed by atoms with Crippen molar-refractivity contribution in [3.63, 3.8) is 0 Å². The maximum atomic E-state index is 6.01. The average Bonchev–Trinajstić information content (AvgIpc) is 2.57. The van der Waals surface area contributed by atoms with Crippen molar-refractivity contribution in [3.05, 3.63) is 87.9 Å². The molecule has 0 saturated heterocycles. The van der Waals surface area contributed by atoms with Gasteiger partial charge >= 0.3 is 0 Å². The van der Waals surface area contributed by atoms with Gasteiger partial charge in [0.05, 0.1) is 0 Å². The zero-order valence-electron chi connectivity index (χ0n) is 11.8. The third kappa shape index (κ3) is 3.70. The summed E-state index contributed by atoms with van der Waals surface area (Å²) >= 11 is 9.52. The molecule has 0 saturated carbocycles. The highest BCUT2D eigenvalue weighted by Gasteiger charge is 2.03. The summed E-state index contributed by atoms with van der Waals surface area (Å²) in [5, 5.41) is 0.709. The summed E-state index contributed by atoms with van der Waals surface area (Å²) in [4.78, 5) is 0. The van der Waals surface area contributed by atoms with Crippen LogP contribution in [0.15, 0.2) is 77.3 Å². The molecule has 110 valence electrons. The van der Waals surface area contributed by atoms with E-state index in [1.165, 1.54) is 11.1 Å². The van der Waals surface area contributed by atoms with Gasteiger partial charge < -0.3 is 4.74 Å². The first kappa shape index (κ1) is 15.1. The molecule has 0 N–H and O–H groups in total. The SMILES string of the molecule is Clc1ccc(Br)c(COc2ccc(-c3ccccc3)cc2)c1. The van der Waals surface area contributed by atoms with E-state index in [9.17, 15) is 0 Å². The van der Waals surface area contributed by atoms with Gasteiger partial charge in [-0.15, -0.1) is 0 Å². The van der Waals surface area contributed by atoms with Crippen LogP contribution in [0, 0.1) is 0 Å². The number of benzene rings is 3. The van der Waals surface area contributed by atoms with E-state index in [-0.39, 0.29) is 0 Å². The van der Waals surface area contributed by atoms with Crippen LogP contribution in [0.3, 0.4) is 0 Å². The van der Waals surface area contributed by atoms with Gasteiger partial charge in [-0.1, -0.05) is 70.0 Å². The maximum Gasteiger partial charge on any atom is 0.119 e. The molecule has 0 aliphatic carbocycles. The first-order valence-corrected chi connectivity index (χ1v) is 8.12. The molecule has 3 aromatic rings. The van der Waals surface area contributed by atoms with Gasteiger partial charge in [-0.05, 0) is 41.5 Å². The molecule has 0 atom stereocenters. The van der Waals surface area contributed by atoms with Crippen LogP contribution < -0.4 is 4.74 Å². The van der Waals surface area contributed by atoms with E-state index < -0.39 is 0 Å². The molecule has 3 heteroatoms. The fourth-order valence-electron chi connectivity index (χ4n) is 2.19. The van der Waals surface area contributed by atoms with Gasteiger partial charge in [0.15, 0.2) is 0 Å². The minimum absolute atomic E-state index is 0.478. The van der Waals surface area contributed by atoms with Crippen molar-refractivity contribution in [2.45, 2.75) is 6.61 Å². The minimum atomic E-state index is 0.478. The third-order valence-corrected chi connectivity index (χ3v) is 4.37. The van der Waals surface area contributed by atoms with E-state index in [0.717, 1.165) is 15.8 Å². The van der Waals surface area contributed by atoms with Crippen LogP contribution in [0.2, 0.25) is 5.02 Å². The molecule has 0 heterocycles. The molecule has 0 bridgehead atoms. The molecule has 22 heavy (non-hydrogen) atoms. The van der Waals surface area contributed by atoms with E-state index in [1.807, 2.05) is 48.5 Å². The van der Waals surface area contributed by atoms with Gasteiger partial charge in [0.1, 0.15) is 12.4 Å². The zero-order valence-corrected chi connectivity index (χ0v) is 14.1. The number of halogens is 2. The Balaban J connectivity index is 1.70. The Kier molecular flexibility index (Phi) is 4.81. The topological polar surface area (TPSA) is 9.23 Å². The summed E-state index contributed by atoms with van der Waals surface area (Å²) in [5.74, 6) is 0.839.